The Labute approximate surface area is 227 Å². The molecular weight excluding hydrogens is 515 g/mol. The van der Waals surface area contributed by atoms with Crippen molar-refractivity contribution in [3.63, 3.8) is 0 Å². The number of halogens is 3. The van der Waals surface area contributed by atoms with Crippen molar-refractivity contribution in [3.8, 4) is 0 Å². The molecule has 0 unspecified atom stereocenters. The molecule has 188 valence electrons. The monoisotopic (exact) mass is 542 g/mol. The molecule has 0 aromatic heterocycles. The average molecular weight is 544 g/mol. The Morgan fingerprint density at radius 3 is 2.17 bits per heavy atom. The van der Waals surface area contributed by atoms with Gasteiger partial charge in [-0.15, -0.1) is 0 Å². The maximum absolute atomic E-state index is 13.8. The molecule has 2 amide bonds. The van der Waals surface area contributed by atoms with Gasteiger partial charge in [-0.25, -0.2) is 0 Å². The number of hydrogen-bond donors (Lipinski definition) is 1. The smallest absolute Gasteiger partial charge is 0.243 e. The summed E-state index contributed by atoms with van der Waals surface area (Å²) in [5.74, 6) is -0.277. The van der Waals surface area contributed by atoms with Crippen LogP contribution in [0.15, 0.2) is 72.8 Å². The summed E-state index contributed by atoms with van der Waals surface area (Å²) < 4.78 is 0. The zero-order valence-corrected chi connectivity index (χ0v) is 22.2. The van der Waals surface area contributed by atoms with Crippen molar-refractivity contribution in [2.75, 3.05) is 0 Å². The van der Waals surface area contributed by atoms with Gasteiger partial charge in [0.25, 0.3) is 0 Å². The topological polar surface area (TPSA) is 49.4 Å². The Morgan fingerprint density at radius 2 is 1.50 bits per heavy atom. The van der Waals surface area contributed by atoms with E-state index in [0.717, 1.165) is 42.4 Å². The van der Waals surface area contributed by atoms with Crippen LogP contribution in [-0.4, -0.2) is 28.8 Å². The van der Waals surface area contributed by atoms with Gasteiger partial charge in [0.2, 0.25) is 11.8 Å². The van der Waals surface area contributed by atoms with Crippen molar-refractivity contribution < 1.29 is 9.59 Å². The molecule has 1 saturated carbocycles. The summed E-state index contributed by atoms with van der Waals surface area (Å²) in [6.07, 6.45) is 4.71. The molecule has 0 radical (unpaired) electrons. The SMILES string of the molecule is O=C(NC1CCCC1)[C@H](Cc1ccccc1)N(Cc1ccc(Cl)c(Cl)c1)C(=O)Cc1ccc(Cl)cc1. The number of rotatable bonds is 9. The highest BCUT2D eigenvalue weighted by Gasteiger charge is 2.32. The normalized spacial score (nSPS) is 14.4. The third-order valence-electron chi connectivity index (χ3n) is 6.58. The Morgan fingerprint density at radius 1 is 0.833 bits per heavy atom. The van der Waals surface area contributed by atoms with E-state index in [-0.39, 0.29) is 30.8 Å². The molecule has 1 fully saturated rings. The lowest BCUT2D eigenvalue weighted by Crippen LogP contribution is -2.52. The molecule has 7 heteroatoms. The second-order valence-corrected chi connectivity index (χ2v) is 10.5. The lowest BCUT2D eigenvalue weighted by Gasteiger charge is -2.32. The summed E-state index contributed by atoms with van der Waals surface area (Å²) >= 11 is 18.4. The van der Waals surface area contributed by atoms with Gasteiger partial charge in [-0.2, -0.15) is 0 Å². The van der Waals surface area contributed by atoms with Crippen LogP contribution in [0.1, 0.15) is 42.4 Å². The van der Waals surface area contributed by atoms with Gasteiger partial charge in [0, 0.05) is 24.0 Å². The van der Waals surface area contributed by atoms with Crippen molar-refractivity contribution in [1.29, 1.82) is 0 Å². The second-order valence-electron chi connectivity index (χ2n) is 9.27. The summed E-state index contributed by atoms with van der Waals surface area (Å²) in [5, 5.41) is 4.68. The highest BCUT2D eigenvalue weighted by Crippen LogP contribution is 2.25. The number of nitrogens with one attached hydrogen (secondary N) is 1. The van der Waals surface area contributed by atoms with Crippen LogP contribution in [0.5, 0.6) is 0 Å². The lowest BCUT2D eigenvalue weighted by molar-refractivity contribution is -0.141. The van der Waals surface area contributed by atoms with E-state index in [0.29, 0.717) is 21.5 Å². The maximum Gasteiger partial charge on any atom is 0.243 e. The van der Waals surface area contributed by atoms with Crippen LogP contribution in [0.25, 0.3) is 0 Å². The minimum atomic E-state index is -0.678. The molecule has 0 saturated heterocycles. The molecule has 1 N–H and O–H groups in total. The quantitative estimate of drug-likeness (QED) is 0.319. The molecule has 0 bridgehead atoms. The number of amides is 2. The van der Waals surface area contributed by atoms with Crippen LogP contribution in [0.3, 0.4) is 0 Å². The fourth-order valence-electron chi connectivity index (χ4n) is 4.63. The van der Waals surface area contributed by atoms with Crippen LogP contribution in [0.4, 0.5) is 0 Å². The Kier molecular flexibility index (Phi) is 9.30. The van der Waals surface area contributed by atoms with Crippen molar-refractivity contribution in [2.24, 2.45) is 0 Å². The van der Waals surface area contributed by atoms with Crippen molar-refractivity contribution in [3.05, 3.63) is 105 Å². The molecular formula is C29H29Cl3N2O2. The third kappa shape index (κ3) is 7.25. The van der Waals surface area contributed by atoms with Gasteiger partial charge < -0.3 is 10.2 Å². The third-order valence-corrected chi connectivity index (χ3v) is 7.57. The van der Waals surface area contributed by atoms with E-state index in [1.54, 1.807) is 29.2 Å². The number of benzene rings is 3. The first kappa shape index (κ1) is 26.5. The Hall–Kier alpha value is -2.53. The van der Waals surface area contributed by atoms with Crippen molar-refractivity contribution >= 4 is 46.6 Å². The zero-order chi connectivity index (χ0) is 25.5. The Balaban J connectivity index is 1.66. The fraction of sp³-hybridized carbons (Fsp3) is 0.310. The molecule has 0 heterocycles. The average Bonchev–Trinajstić information content (AvgIpc) is 3.38. The van der Waals surface area contributed by atoms with Gasteiger partial charge in [-0.1, -0.05) is 96.2 Å². The van der Waals surface area contributed by atoms with Crippen LogP contribution in [0.2, 0.25) is 15.1 Å². The van der Waals surface area contributed by atoms with E-state index in [4.69, 9.17) is 34.8 Å². The van der Waals surface area contributed by atoms with E-state index < -0.39 is 6.04 Å². The second kappa shape index (κ2) is 12.6. The predicted molar refractivity (Wildman–Crippen MR) is 147 cm³/mol. The van der Waals surface area contributed by atoms with Crippen LogP contribution in [0, 0.1) is 0 Å². The summed E-state index contributed by atoms with van der Waals surface area (Å²) in [4.78, 5) is 29.1. The maximum atomic E-state index is 13.8. The van der Waals surface area contributed by atoms with Crippen LogP contribution in [-0.2, 0) is 29.0 Å². The standard InChI is InChI=1S/C29H29Cl3N2O2/c30-23-13-10-21(11-14-23)18-28(35)34(19-22-12-15-25(31)26(32)16-22)27(17-20-6-2-1-3-7-20)29(36)33-24-8-4-5-9-24/h1-3,6-7,10-16,24,27H,4-5,8-9,17-19H2,(H,33,36)/t27-/m0/s1. The predicted octanol–water partition coefficient (Wildman–Crippen LogP) is 6.89. The van der Waals surface area contributed by atoms with Crippen LogP contribution >= 0.6 is 34.8 Å². The van der Waals surface area contributed by atoms with Gasteiger partial charge in [-0.05, 0) is 53.8 Å². The summed E-state index contributed by atoms with van der Waals surface area (Å²) in [7, 11) is 0. The molecule has 4 rings (SSSR count). The molecule has 0 aliphatic heterocycles. The summed E-state index contributed by atoms with van der Waals surface area (Å²) in [6.45, 7) is 0.235. The van der Waals surface area contributed by atoms with Gasteiger partial charge in [0.15, 0.2) is 0 Å². The number of nitrogens with zero attached hydrogens (tertiary/aromatic N) is 1. The highest BCUT2D eigenvalue weighted by atomic mass is 35.5. The van der Waals surface area contributed by atoms with Gasteiger partial charge in [0.1, 0.15) is 6.04 Å². The van der Waals surface area contributed by atoms with E-state index >= 15 is 0 Å². The van der Waals surface area contributed by atoms with Crippen molar-refractivity contribution in [2.45, 2.75) is 57.2 Å². The molecule has 1 aliphatic rings. The van der Waals surface area contributed by atoms with Gasteiger partial charge in [-0.3, -0.25) is 9.59 Å². The number of carbonyl (C=O) groups is 2. The zero-order valence-electron chi connectivity index (χ0n) is 19.9. The summed E-state index contributed by atoms with van der Waals surface area (Å²) in [5.41, 5.74) is 2.63. The van der Waals surface area contributed by atoms with Gasteiger partial charge in [0.05, 0.1) is 16.5 Å². The number of hydrogen-bond acceptors (Lipinski definition) is 2. The highest BCUT2D eigenvalue weighted by molar-refractivity contribution is 6.42. The first-order chi connectivity index (χ1) is 17.4. The minimum absolute atomic E-state index is 0.129. The van der Waals surface area contributed by atoms with E-state index in [9.17, 15) is 9.59 Å². The van der Waals surface area contributed by atoms with Gasteiger partial charge >= 0.3 is 0 Å². The molecule has 3 aromatic rings. The molecule has 0 spiro atoms. The van der Waals surface area contributed by atoms with E-state index in [1.807, 2.05) is 48.5 Å². The van der Waals surface area contributed by atoms with E-state index in [1.165, 1.54) is 0 Å². The summed E-state index contributed by atoms with van der Waals surface area (Å²) in [6, 6.07) is 21.8. The fourth-order valence-corrected chi connectivity index (χ4v) is 5.08. The first-order valence-corrected chi connectivity index (χ1v) is 13.3. The molecule has 4 nitrogen and oxygen atoms in total. The molecule has 36 heavy (non-hydrogen) atoms. The first-order valence-electron chi connectivity index (χ1n) is 12.2. The molecule has 1 atom stereocenters. The number of carbonyl (C=O) groups excluding carboxylic acids is 2. The lowest BCUT2D eigenvalue weighted by atomic mass is 10.0. The van der Waals surface area contributed by atoms with E-state index in [2.05, 4.69) is 5.32 Å². The molecule has 3 aromatic carbocycles. The van der Waals surface area contributed by atoms with Crippen molar-refractivity contribution in [1.82, 2.24) is 10.2 Å². The molecule has 1 aliphatic carbocycles. The Bertz CT molecular complexity index is 1180. The minimum Gasteiger partial charge on any atom is -0.352 e. The van der Waals surface area contributed by atoms with Crippen LogP contribution < -0.4 is 5.32 Å². The largest absolute Gasteiger partial charge is 0.352 e.